The van der Waals surface area contributed by atoms with Crippen molar-refractivity contribution in [1.82, 2.24) is 5.32 Å². The lowest BCUT2D eigenvalue weighted by atomic mass is 9.69. The summed E-state index contributed by atoms with van der Waals surface area (Å²) in [6.45, 7) is -0.391. The molecule has 1 aliphatic rings. The van der Waals surface area contributed by atoms with Crippen molar-refractivity contribution in [2.75, 3.05) is 0 Å². The van der Waals surface area contributed by atoms with Gasteiger partial charge in [-0.15, -0.1) is 0 Å². The van der Waals surface area contributed by atoms with E-state index in [0.29, 0.717) is 18.9 Å². The molecule has 0 heterocycles. The Morgan fingerprint density at radius 2 is 2.05 bits per heavy atom. The Bertz CT molecular complexity index is 600. The van der Waals surface area contributed by atoms with E-state index in [1.165, 1.54) is 0 Å². The zero-order valence-electron chi connectivity index (χ0n) is 10.9. The molecule has 1 aromatic rings. The summed E-state index contributed by atoms with van der Waals surface area (Å²) in [6.07, 6.45) is -3.15. The van der Waals surface area contributed by atoms with Gasteiger partial charge in [0.2, 0.25) is 5.91 Å². The molecule has 21 heavy (non-hydrogen) atoms. The van der Waals surface area contributed by atoms with Crippen LogP contribution in [0.5, 0.6) is 0 Å². The van der Waals surface area contributed by atoms with Crippen molar-refractivity contribution in [3.63, 3.8) is 0 Å². The van der Waals surface area contributed by atoms with Crippen LogP contribution in [0.2, 0.25) is 0 Å². The lowest BCUT2D eigenvalue weighted by molar-refractivity contribution is -0.139. The van der Waals surface area contributed by atoms with Gasteiger partial charge in [-0.05, 0) is 37.0 Å². The van der Waals surface area contributed by atoms with E-state index in [-0.39, 0.29) is 5.56 Å². The highest BCUT2D eigenvalue weighted by Crippen LogP contribution is 2.40. The van der Waals surface area contributed by atoms with Crippen LogP contribution in [0.15, 0.2) is 18.2 Å². The monoisotopic (exact) mass is 300 g/mol. The van der Waals surface area contributed by atoms with Gasteiger partial charge < -0.3 is 5.32 Å². The zero-order valence-corrected chi connectivity index (χ0v) is 10.9. The molecule has 0 spiro atoms. The molecule has 7 heteroatoms. The van der Waals surface area contributed by atoms with Gasteiger partial charge in [0.05, 0.1) is 11.6 Å². The molecule has 0 unspecified atom stereocenters. The number of nitrogens with one attached hydrogen (secondary N) is 1. The number of amides is 1. The lowest BCUT2D eigenvalue weighted by Gasteiger charge is -2.33. The maximum absolute atomic E-state index is 13.0. The van der Waals surface area contributed by atoms with Crippen LogP contribution < -0.4 is 5.32 Å². The molecule has 1 saturated carbocycles. The van der Waals surface area contributed by atoms with Crippen LogP contribution in [0.25, 0.3) is 0 Å². The molecule has 0 saturated heterocycles. The van der Waals surface area contributed by atoms with E-state index in [9.17, 15) is 22.4 Å². The Kier molecular flexibility index (Phi) is 3.90. The number of carbonyl (C=O) groups excluding carboxylic acids is 1. The predicted octanol–water partition coefficient (Wildman–Crippen LogP) is 3.15. The number of nitriles is 1. The average Bonchev–Trinajstić information content (AvgIpc) is 2.35. The molecule has 112 valence electrons. The van der Waals surface area contributed by atoms with Crippen molar-refractivity contribution < 1.29 is 22.4 Å². The molecular weight excluding hydrogens is 288 g/mol. The minimum Gasteiger partial charge on any atom is -0.351 e. The van der Waals surface area contributed by atoms with Crippen LogP contribution in [-0.4, -0.2) is 5.91 Å². The van der Waals surface area contributed by atoms with Crippen molar-refractivity contribution in [3.05, 3.63) is 35.1 Å². The Hall–Kier alpha value is -2.10. The van der Waals surface area contributed by atoms with E-state index in [1.807, 2.05) is 6.07 Å². The quantitative estimate of drug-likeness (QED) is 0.872. The van der Waals surface area contributed by atoms with Crippen molar-refractivity contribution in [1.29, 1.82) is 5.26 Å². The summed E-state index contributed by atoms with van der Waals surface area (Å²) in [6, 6.07) is 4.19. The Balaban J connectivity index is 2.14. The smallest absolute Gasteiger partial charge is 0.351 e. The molecule has 0 bridgehead atoms. The summed E-state index contributed by atoms with van der Waals surface area (Å²) in [4.78, 5) is 11.9. The van der Waals surface area contributed by atoms with Gasteiger partial charge in [-0.3, -0.25) is 4.79 Å². The topological polar surface area (TPSA) is 52.9 Å². The van der Waals surface area contributed by atoms with E-state index >= 15 is 0 Å². The van der Waals surface area contributed by atoms with Crippen LogP contribution in [0.1, 0.15) is 30.4 Å². The van der Waals surface area contributed by atoms with Gasteiger partial charge in [0, 0.05) is 6.54 Å². The second-order valence-corrected chi connectivity index (χ2v) is 5.03. The number of alkyl halides is 3. The van der Waals surface area contributed by atoms with Gasteiger partial charge in [-0.1, -0.05) is 6.07 Å². The highest BCUT2D eigenvalue weighted by Gasteiger charge is 2.44. The molecule has 1 aromatic carbocycles. The van der Waals surface area contributed by atoms with E-state index in [0.717, 1.165) is 18.6 Å². The molecule has 1 aliphatic carbocycles. The first-order valence-corrected chi connectivity index (χ1v) is 6.34. The number of hydrogen-bond donors (Lipinski definition) is 1. The van der Waals surface area contributed by atoms with E-state index in [2.05, 4.69) is 5.32 Å². The van der Waals surface area contributed by atoms with Gasteiger partial charge in [-0.2, -0.15) is 18.4 Å². The summed E-state index contributed by atoms with van der Waals surface area (Å²) in [7, 11) is 0. The average molecular weight is 300 g/mol. The molecule has 1 amide bonds. The van der Waals surface area contributed by atoms with Gasteiger partial charge >= 0.3 is 6.18 Å². The second-order valence-electron chi connectivity index (χ2n) is 5.03. The SMILES string of the molecule is N#CC1(C(=O)NCc2ccc(F)cc2C(F)(F)F)CCC1. The number of nitrogens with zero attached hydrogens (tertiary/aromatic N) is 1. The van der Waals surface area contributed by atoms with Gasteiger partial charge in [-0.25, -0.2) is 4.39 Å². The number of hydrogen-bond acceptors (Lipinski definition) is 2. The molecule has 0 atom stereocenters. The lowest BCUT2D eigenvalue weighted by Crippen LogP contribution is -2.44. The van der Waals surface area contributed by atoms with Crippen molar-refractivity contribution in [2.45, 2.75) is 32.0 Å². The fourth-order valence-corrected chi connectivity index (χ4v) is 2.23. The molecule has 2 rings (SSSR count). The van der Waals surface area contributed by atoms with Crippen molar-refractivity contribution in [2.24, 2.45) is 5.41 Å². The van der Waals surface area contributed by atoms with Crippen LogP contribution >= 0.6 is 0 Å². The molecule has 1 fully saturated rings. The van der Waals surface area contributed by atoms with Gasteiger partial charge in [0.1, 0.15) is 11.2 Å². The van der Waals surface area contributed by atoms with Gasteiger partial charge in [0.15, 0.2) is 0 Å². The van der Waals surface area contributed by atoms with E-state index in [4.69, 9.17) is 5.26 Å². The number of carbonyl (C=O) groups is 1. The summed E-state index contributed by atoms with van der Waals surface area (Å²) in [5.41, 5.74) is -2.48. The Labute approximate surface area is 118 Å². The summed E-state index contributed by atoms with van der Waals surface area (Å²) in [5.74, 6) is -1.57. The van der Waals surface area contributed by atoms with Crippen molar-refractivity contribution in [3.8, 4) is 6.07 Å². The summed E-state index contributed by atoms with van der Waals surface area (Å²) in [5, 5.41) is 11.3. The fraction of sp³-hybridized carbons (Fsp3) is 0.429. The van der Waals surface area contributed by atoms with Crippen LogP contribution in [0.4, 0.5) is 17.6 Å². The van der Waals surface area contributed by atoms with Gasteiger partial charge in [0.25, 0.3) is 0 Å². The maximum Gasteiger partial charge on any atom is 0.416 e. The third-order valence-electron chi connectivity index (χ3n) is 3.67. The van der Waals surface area contributed by atoms with E-state index < -0.39 is 35.4 Å². The maximum atomic E-state index is 13.0. The number of rotatable bonds is 3. The molecule has 0 radical (unpaired) electrons. The normalized spacial score (nSPS) is 16.7. The first-order chi connectivity index (χ1) is 9.78. The minimum atomic E-state index is -4.70. The Morgan fingerprint density at radius 3 is 2.52 bits per heavy atom. The number of halogens is 4. The predicted molar refractivity (Wildman–Crippen MR) is 65.1 cm³/mol. The number of benzene rings is 1. The first-order valence-electron chi connectivity index (χ1n) is 6.34. The van der Waals surface area contributed by atoms with Crippen LogP contribution in [-0.2, 0) is 17.5 Å². The second kappa shape index (κ2) is 5.35. The van der Waals surface area contributed by atoms with Crippen molar-refractivity contribution >= 4 is 5.91 Å². The van der Waals surface area contributed by atoms with Crippen LogP contribution in [0, 0.1) is 22.6 Å². The highest BCUT2D eigenvalue weighted by atomic mass is 19.4. The third kappa shape index (κ3) is 2.99. The van der Waals surface area contributed by atoms with E-state index in [1.54, 1.807) is 0 Å². The summed E-state index contributed by atoms with van der Waals surface area (Å²) >= 11 is 0. The molecule has 1 N–H and O–H groups in total. The minimum absolute atomic E-state index is 0.232. The fourth-order valence-electron chi connectivity index (χ4n) is 2.23. The summed E-state index contributed by atoms with van der Waals surface area (Å²) < 4.78 is 51.3. The zero-order chi connectivity index (χ0) is 15.7. The molecule has 0 aliphatic heterocycles. The van der Waals surface area contributed by atoms with Crippen LogP contribution in [0.3, 0.4) is 0 Å². The molecule has 3 nitrogen and oxygen atoms in total. The first kappa shape index (κ1) is 15.3. The molecule has 0 aromatic heterocycles. The standard InChI is InChI=1S/C14H12F4N2O/c15-10-3-2-9(11(6-10)14(16,17)18)7-20-12(21)13(8-19)4-1-5-13/h2-3,6H,1,4-5,7H2,(H,20,21). The largest absolute Gasteiger partial charge is 0.416 e. The Morgan fingerprint density at radius 1 is 1.38 bits per heavy atom. The molecular formula is C14H12F4N2O. The highest BCUT2D eigenvalue weighted by molar-refractivity contribution is 5.86. The third-order valence-corrected chi connectivity index (χ3v) is 3.67.